The third kappa shape index (κ3) is 3.41. The zero-order valence-electron chi connectivity index (χ0n) is 11.9. The fraction of sp³-hybridized carbons (Fsp3) is 0.600. The summed E-state index contributed by atoms with van der Waals surface area (Å²) in [6.07, 6.45) is 1.47. The van der Waals surface area contributed by atoms with Crippen molar-refractivity contribution in [2.24, 2.45) is 5.92 Å². The standard InChI is InChI=1S/C15H23ClN2O/c1-11-6-7-18(10-15(11)19-3)13-5-4-12(9-17-2)14(16)8-13/h4-5,8,11,15,17H,6-7,9-10H2,1-3H3. The lowest BCUT2D eigenvalue weighted by atomic mass is 9.95. The molecule has 1 aliphatic rings. The Morgan fingerprint density at radius 1 is 1.47 bits per heavy atom. The molecule has 106 valence electrons. The predicted octanol–water partition coefficient (Wildman–Crippen LogP) is 2.92. The molecule has 2 rings (SSSR count). The summed E-state index contributed by atoms with van der Waals surface area (Å²) in [5.74, 6) is 0.625. The number of nitrogens with zero attached hydrogens (tertiary/aromatic N) is 1. The summed E-state index contributed by atoms with van der Waals surface area (Å²) >= 11 is 6.33. The molecule has 2 unspecified atom stereocenters. The van der Waals surface area contributed by atoms with Crippen LogP contribution in [0.3, 0.4) is 0 Å². The Kier molecular flexibility index (Phi) is 5.08. The average Bonchev–Trinajstić information content (AvgIpc) is 2.42. The van der Waals surface area contributed by atoms with Gasteiger partial charge in [-0.1, -0.05) is 24.6 Å². The molecule has 0 radical (unpaired) electrons. The fourth-order valence-electron chi connectivity index (χ4n) is 2.64. The van der Waals surface area contributed by atoms with E-state index in [0.29, 0.717) is 12.0 Å². The molecule has 2 atom stereocenters. The number of hydrogen-bond acceptors (Lipinski definition) is 3. The van der Waals surface area contributed by atoms with Crippen LogP contribution in [0.25, 0.3) is 0 Å². The van der Waals surface area contributed by atoms with Crippen LogP contribution in [0.15, 0.2) is 18.2 Å². The molecule has 0 spiro atoms. The first-order chi connectivity index (χ1) is 9.15. The number of halogens is 1. The Hall–Kier alpha value is -0.770. The molecular weight excluding hydrogens is 260 g/mol. The fourth-order valence-corrected chi connectivity index (χ4v) is 2.88. The summed E-state index contributed by atoms with van der Waals surface area (Å²) in [7, 11) is 3.73. The van der Waals surface area contributed by atoms with E-state index in [0.717, 1.165) is 36.6 Å². The van der Waals surface area contributed by atoms with Gasteiger partial charge in [-0.15, -0.1) is 0 Å². The van der Waals surface area contributed by atoms with Crippen LogP contribution in [0.4, 0.5) is 5.69 Å². The van der Waals surface area contributed by atoms with Gasteiger partial charge in [0.05, 0.1) is 6.10 Å². The van der Waals surface area contributed by atoms with Crippen molar-refractivity contribution in [1.82, 2.24) is 5.32 Å². The highest BCUT2D eigenvalue weighted by atomic mass is 35.5. The van der Waals surface area contributed by atoms with Crippen molar-refractivity contribution in [3.63, 3.8) is 0 Å². The molecule has 0 saturated carbocycles. The van der Waals surface area contributed by atoms with Gasteiger partial charge in [0, 0.05) is 37.5 Å². The van der Waals surface area contributed by atoms with Crippen LogP contribution in [0.1, 0.15) is 18.9 Å². The van der Waals surface area contributed by atoms with Crippen LogP contribution >= 0.6 is 11.6 Å². The minimum atomic E-state index is 0.310. The molecule has 19 heavy (non-hydrogen) atoms. The molecule has 1 aliphatic heterocycles. The summed E-state index contributed by atoms with van der Waals surface area (Å²) in [6, 6.07) is 6.33. The van der Waals surface area contributed by atoms with Gasteiger partial charge in [-0.3, -0.25) is 0 Å². The summed E-state index contributed by atoms with van der Waals surface area (Å²) < 4.78 is 5.56. The summed E-state index contributed by atoms with van der Waals surface area (Å²) in [5.41, 5.74) is 2.33. The van der Waals surface area contributed by atoms with Gasteiger partial charge in [-0.2, -0.15) is 0 Å². The second-order valence-electron chi connectivity index (χ2n) is 5.29. The summed E-state index contributed by atoms with van der Waals surface area (Å²) in [4.78, 5) is 2.36. The number of anilines is 1. The maximum absolute atomic E-state index is 6.33. The highest BCUT2D eigenvalue weighted by molar-refractivity contribution is 6.31. The molecule has 0 amide bonds. The molecule has 0 bridgehead atoms. The second-order valence-corrected chi connectivity index (χ2v) is 5.70. The lowest BCUT2D eigenvalue weighted by Crippen LogP contribution is -2.43. The lowest BCUT2D eigenvalue weighted by molar-refractivity contribution is 0.0498. The van der Waals surface area contributed by atoms with Gasteiger partial charge in [0.1, 0.15) is 0 Å². The summed E-state index contributed by atoms with van der Waals surface area (Å²) in [6.45, 7) is 5.08. The van der Waals surface area contributed by atoms with E-state index in [1.807, 2.05) is 7.05 Å². The van der Waals surface area contributed by atoms with Crippen molar-refractivity contribution < 1.29 is 4.74 Å². The number of nitrogens with one attached hydrogen (secondary N) is 1. The minimum Gasteiger partial charge on any atom is -0.379 e. The van der Waals surface area contributed by atoms with E-state index >= 15 is 0 Å². The Bertz CT molecular complexity index is 425. The van der Waals surface area contributed by atoms with E-state index in [4.69, 9.17) is 16.3 Å². The zero-order chi connectivity index (χ0) is 13.8. The van der Waals surface area contributed by atoms with E-state index in [1.54, 1.807) is 7.11 Å². The van der Waals surface area contributed by atoms with Crippen molar-refractivity contribution in [2.75, 3.05) is 32.1 Å². The Morgan fingerprint density at radius 2 is 2.26 bits per heavy atom. The molecule has 0 aromatic heterocycles. The maximum atomic E-state index is 6.33. The van der Waals surface area contributed by atoms with Crippen molar-refractivity contribution in [1.29, 1.82) is 0 Å². The van der Waals surface area contributed by atoms with Crippen molar-refractivity contribution in [3.8, 4) is 0 Å². The Balaban J connectivity index is 2.11. The van der Waals surface area contributed by atoms with Gasteiger partial charge >= 0.3 is 0 Å². The molecule has 1 aromatic carbocycles. The first-order valence-corrected chi connectivity index (χ1v) is 7.24. The zero-order valence-corrected chi connectivity index (χ0v) is 12.7. The molecule has 1 fully saturated rings. The second kappa shape index (κ2) is 6.60. The molecule has 1 saturated heterocycles. The van der Waals surface area contributed by atoms with Crippen LogP contribution in [-0.4, -0.2) is 33.4 Å². The number of benzene rings is 1. The molecule has 0 aliphatic carbocycles. The van der Waals surface area contributed by atoms with Crippen LogP contribution in [-0.2, 0) is 11.3 Å². The quantitative estimate of drug-likeness (QED) is 0.919. The third-order valence-electron chi connectivity index (χ3n) is 3.96. The molecule has 1 heterocycles. The van der Waals surface area contributed by atoms with Crippen LogP contribution < -0.4 is 10.2 Å². The number of methoxy groups -OCH3 is 1. The molecule has 3 nitrogen and oxygen atoms in total. The van der Waals surface area contributed by atoms with Gasteiger partial charge in [0.15, 0.2) is 0 Å². The van der Waals surface area contributed by atoms with Crippen molar-refractivity contribution in [2.45, 2.75) is 26.0 Å². The van der Waals surface area contributed by atoms with E-state index in [9.17, 15) is 0 Å². The van der Waals surface area contributed by atoms with Gasteiger partial charge in [-0.25, -0.2) is 0 Å². The molecule has 4 heteroatoms. The monoisotopic (exact) mass is 282 g/mol. The minimum absolute atomic E-state index is 0.310. The number of rotatable bonds is 4. The highest BCUT2D eigenvalue weighted by Crippen LogP contribution is 2.28. The first kappa shape index (κ1) is 14.6. The van der Waals surface area contributed by atoms with E-state index < -0.39 is 0 Å². The largest absolute Gasteiger partial charge is 0.379 e. The molecule has 1 aromatic rings. The van der Waals surface area contributed by atoms with E-state index in [-0.39, 0.29) is 0 Å². The van der Waals surface area contributed by atoms with Crippen LogP contribution in [0.2, 0.25) is 5.02 Å². The first-order valence-electron chi connectivity index (χ1n) is 6.86. The van der Waals surface area contributed by atoms with Gasteiger partial charge < -0.3 is 15.0 Å². The Labute approximate surface area is 120 Å². The SMILES string of the molecule is CNCc1ccc(N2CCC(C)C(OC)C2)cc1Cl. The lowest BCUT2D eigenvalue weighted by Gasteiger charge is -2.37. The van der Waals surface area contributed by atoms with Gasteiger partial charge in [0.25, 0.3) is 0 Å². The van der Waals surface area contributed by atoms with Gasteiger partial charge in [-0.05, 0) is 37.1 Å². The van der Waals surface area contributed by atoms with Crippen LogP contribution in [0.5, 0.6) is 0 Å². The summed E-state index contributed by atoms with van der Waals surface area (Å²) in [5, 5.41) is 3.96. The number of piperidine rings is 1. The average molecular weight is 283 g/mol. The van der Waals surface area contributed by atoms with Crippen molar-refractivity contribution >= 4 is 17.3 Å². The number of hydrogen-bond donors (Lipinski definition) is 1. The van der Waals surface area contributed by atoms with E-state index in [1.165, 1.54) is 5.69 Å². The smallest absolute Gasteiger partial charge is 0.0772 e. The highest BCUT2D eigenvalue weighted by Gasteiger charge is 2.26. The van der Waals surface area contributed by atoms with Crippen molar-refractivity contribution in [3.05, 3.63) is 28.8 Å². The topological polar surface area (TPSA) is 24.5 Å². The predicted molar refractivity (Wildman–Crippen MR) is 81.0 cm³/mol. The normalized spacial score (nSPS) is 23.7. The maximum Gasteiger partial charge on any atom is 0.0772 e. The Morgan fingerprint density at radius 3 is 2.89 bits per heavy atom. The molecular formula is C15H23ClN2O. The molecule has 1 N–H and O–H groups in total. The number of ether oxygens (including phenoxy) is 1. The van der Waals surface area contributed by atoms with Gasteiger partial charge in [0.2, 0.25) is 0 Å². The third-order valence-corrected chi connectivity index (χ3v) is 4.31. The van der Waals surface area contributed by atoms with E-state index in [2.05, 4.69) is 35.3 Å². The van der Waals surface area contributed by atoms with Crippen LogP contribution in [0, 0.1) is 5.92 Å².